The van der Waals surface area contributed by atoms with Gasteiger partial charge in [-0.05, 0) is 38.4 Å². The molecule has 1 atom stereocenters. The third-order valence-corrected chi connectivity index (χ3v) is 4.19. The van der Waals surface area contributed by atoms with Gasteiger partial charge in [-0.15, -0.1) is 0 Å². The second-order valence-electron chi connectivity index (χ2n) is 5.43. The maximum Gasteiger partial charge on any atom is 0.0415 e. The van der Waals surface area contributed by atoms with Gasteiger partial charge in [-0.25, -0.2) is 0 Å². The quantitative estimate of drug-likeness (QED) is 0.835. The average molecular weight is 216 g/mol. The van der Waals surface area contributed by atoms with Crippen molar-refractivity contribution in [3.8, 4) is 0 Å². The Kier molecular flexibility index (Phi) is 2.21. The Morgan fingerprint density at radius 3 is 2.56 bits per heavy atom. The first-order chi connectivity index (χ1) is 7.74. The predicted octanol–water partition coefficient (Wildman–Crippen LogP) is 2.57. The van der Waals surface area contributed by atoms with Crippen LogP contribution >= 0.6 is 0 Å². The zero-order chi connectivity index (χ0) is 11.2. The number of hydrogen-bond acceptors (Lipinski definition) is 2. The fraction of sp³-hybridized carbons (Fsp3) is 0.571. The van der Waals surface area contributed by atoms with E-state index >= 15 is 0 Å². The molecule has 1 aliphatic heterocycles. The van der Waals surface area contributed by atoms with Crippen LogP contribution in [0.4, 0.5) is 5.69 Å². The van der Waals surface area contributed by atoms with Gasteiger partial charge in [0.2, 0.25) is 0 Å². The minimum atomic E-state index is 0.437. The standard InChI is InChI=1S/C14H20N2/c1-11(15-2)12-5-3-4-6-13(12)16-9-14(10-16)7-8-14/h3-6,11,15H,7-10H2,1-2H3. The van der Waals surface area contributed by atoms with E-state index in [2.05, 4.69) is 41.4 Å². The van der Waals surface area contributed by atoms with E-state index in [4.69, 9.17) is 0 Å². The van der Waals surface area contributed by atoms with Gasteiger partial charge in [-0.3, -0.25) is 0 Å². The van der Waals surface area contributed by atoms with Crippen LogP contribution in [-0.4, -0.2) is 20.1 Å². The summed E-state index contributed by atoms with van der Waals surface area (Å²) in [5.41, 5.74) is 3.60. The lowest BCUT2D eigenvalue weighted by atomic mass is 9.94. The molecule has 1 N–H and O–H groups in total. The lowest BCUT2D eigenvalue weighted by molar-refractivity contribution is 0.386. The van der Waals surface area contributed by atoms with Crippen molar-refractivity contribution in [1.29, 1.82) is 0 Å². The lowest BCUT2D eigenvalue weighted by Crippen LogP contribution is -2.49. The van der Waals surface area contributed by atoms with Crippen LogP contribution in [0.1, 0.15) is 31.4 Å². The predicted molar refractivity (Wildman–Crippen MR) is 67.8 cm³/mol. The van der Waals surface area contributed by atoms with E-state index in [1.54, 1.807) is 0 Å². The van der Waals surface area contributed by atoms with E-state index < -0.39 is 0 Å². The van der Waals surface area contributed by atoms with E-state index in [0.717, 1.165) is 5.41 Å². The third kappa shape index (κ3) is 1.52. The number of nitrogens with one attached hydrogen (secondary N) is 1. The Morgan fingerprint density at radius 2 is 1.94 bits per heavy atom. The molecule has 1 aromatic carbocycles. The first-order valence-corrected chi connectivity index (χ1v) is 6.25. The fourth-order valence-corrected chi connectivity index (χ4v) is 2.72. The van der Waals surface area contributed by atoms with Crippen molar-refractivity contribution >= 4 is 5.69 Å². The Hall–Kier alpha value is -1.02. The van der Waals surface area contributed by atoms with Crippen molar-refractivity contribution in [2.45, 2.75) is 25.8 Å². The maximum absolute atomic E-state index is 3.33. The molecule has 0 aromatic heterocycles. The minimum absolute atomic E-state index is 0.437. The molecule has 1 saturated heterocycles. The highest BCUT2D eigenvalue weighted by molar-refractivity contribution is 5.58. The van der Waals surface area contributed by atoms with Crippen molar-refractivity contribution in [3.05, 3.63) is 29.8 Å². The summed E-state index contributed by atoms with van der Waals surface area (Å²) in [7, 11) is 2.03. The Labute approximate surface area is 97.6 Å². The van der Waals surface area contributed by atoms with Gasteiger partial charge in [0.25, 0.3) is 0 Å². The van der Waals surface area contributed by atoms with Gasteiger partial charge in [-0.2, -0.15) is 0 Å². The number of anilines is 1. The normalized spacial score (nSPS) is 23.0. The van der Waals surface area contributed by atoms with Crippen molar-refractivity contribution in [2.24, 2.45) is 5.41 Å². The van der Waals surface area contributed by atoms with Crippen molar-refractivity contribution in [1.82, 2.24) is 5.32 Å². The molecule has 2 nitrogen and oxygen atoms in total. The average Bonchev–Trinajstić information content (AvgIpc) is 3.06. The molecule has 3 rings (SSSR count). The molecular weight excluding hydrogens is 196 g/mol. The van der Waals surface area contributed by atoms with Crippen LogP contribution in [0.25, 0.3) is 0 Å². The highest BCUT2D eigenvalue weighted by Gasteiger charge is 2.52. The molecule has 1 aromatic rings. The van der Waals surface area contributed by atoms with Crippen LogP contribution < -0.4 is 10.2 Å². The molecule has 1 spiro atoms. The zero-order valence-electron chi connectivity index (χ0n) is 10.2. The van der Waals surface area contributed by atoms with Gasteiger partial charge in [0.1, 0.15) is 0 Å². The number of nitrogens with zero attached hydrogens (tertiary/aromatic N) is 1. The number of rotatable bonds is 3. The number of benzene rings is 1. The van der Waals surface area contributed by atoms with Gasteiger partial charge >= 0.3 is 0 Å². The van der Waals surface area contributed by atoms with Gasteiger partial charge < -0.3 is 10.2 Å². The molecule has 0 amide bonds. The molecule has 0 bridgehead atoms. The van der Waals surface area contributed by atoms with Crippen LogP contribution in [-0.2, 0) is 0 Å². The van der Waals surface area contributed by atoms with Crippen LogP contribution in [0.5, 0.6) is 0 Å². The third-order valence-electron chi connectivity index (χ3n) is 4.19. The molecule has 0 radical (unpaired) electrons. The Morgan fingerprint density at radius 1 is 1.25 bits per heavy atom. The molecule has 1 aliphatic carbocycles. The highest BCUT2D eigenvalue weighted by Crippen LogP contribution is 2.54. The highest BCUT2D eigenvalue weighted by atomic mass is 15.2. The van der Waals surface area contributed by atoms with Crippen molar-refractivity contribution in [3.63, 3.8) is 0 Å². The summed E-state index contributed by atoms with van der Waals surface area (Å²) < 4.78 is 0. The first-order valence-electron chi connectivity index (χ1n) is 6.25. The van der Waals surface area contributed by atoms with Crippen LogP contribution in [0.2, 0.25) is 0 Å². The fourth-order valence-electron chi connectivity index (χ4n) is 2.72. The van der Waals surface area contributed by atoms with Gasteiger partial charge in [0, 0.05) is 30.2 Å². The number of hydrogen-bond donors (Lipinski definition) is 1. The SMILES string of the molecule is CNC(C)c1ccccc1N1CC2(CC2)C1. The summed E-state index contributed by atoms with van der Waals surface area (Å²) >= 11 is 0. The summed E-state index contributed by atoms with van der Waals surface area (Å²) in [6.07, 6.45) is 2.90. The van der Waals surface area contributed by atoms with Crippen LogP contribution in [0.3, 0.4) is 0 Å². The zero-order valence-corrected chi connectivity index (χ0v) is 10.2. The van der Waals surface area contributed by atoms with E-state index in [1.807, 2.05) is 7.05 Å². The molecular formula is C14H20N2. The monoisotopic (exact) mass is 216 g/mol. The summed E-state index contributed by atoms with van der Waals surface area (Å²) in [5, 5.41) is 3.33. The summed E-state index contributed by atoms with van der Waals surface area (Å²) in [6, 6.07) is 9.23. The van der Waals surface area contributed by atoms with Crippen LogP contribution in [0, 0.1) is 5.41 Å². The van der Waals surface area contributed by atoms with E-state index in [9.17, 15) is 0 Å². The van der Waals surface area contributed by atoms with E-state index in [0.29, 0.717) is 6.04 Å². The molecule has 16 heavy (non-hydrogen) atoms. The van der Waals surface area contributed by atoms with E-state index in [1.165, 1.54) is 37.2 Å². The van der Waals surface area contributed by atoms with Crippen molar-refractivity contribution in [2.75, 3.05) is 25.0 Å². The largest absolute Gasteiger partial charge is 0.370 e. The summed E-state index contributed by atoms with van der Waals surface area (Å²) in [6.45, 7) is 4.78. The Bertz CT molecular complexity index is 387. The maximum atomic E-state index is 3.33. The van der Waals surface area contributed by atoms with Gasteiger partial charge in [-0.1, -0.05) is 18.2 Å². The van der Waals surface area contributed by atoms with Gasteiger partial charge in [0.15, 0.2) is 0 Å². The number of para-hydroxylation sites is 1. The summed E-state index contributed by atoms with van der Waals surface area (Å²) in [4.78, 5) is 2.54. The molecule has 86 valence electrons. The van der Waals surface area contributed by atoms with Gasteiger partial charge in [0.05, 0.1) is 0 Å². The van der Waals surface area contributed by atoms with E-state index in [-0.39, 0.29) is 0 Å². The molecule has 2 heteroatoms. The Balaban J connectivity index is 1.83. The molecule has 1 heterocycles. The smallest absolute Gasteiger partial charge is 0.0415 e. The second kappa shape index (κ2) is 3.49. The molecule has 1 unspecified atom stereocenters. The minimum Gasteiger partial charge on any atom is -0.370 e. The lowest BCUT2D eigenvalue weighted by Gasteiger charge is -2.43. The topological polar surface area (TPSA) is 15.3 Å². The molecule has 2 fully saturated rings. The first kappa shape index (κ1) is 10.2. The molecule has 1 saturated carbocycles. The second-order valence-corrected chi connectivity index (χ2v) is 5.43. The molecule has 2 aliphatic rings. The van der Waals surface area contributed by atoms with Crippen LogP contribution in [0.15, 0.2) is 24.3 Å². The summed E-state index contributed by atoms with van der Waals surface area (Å²) in [5.74, 6) is 0. The van der Waals surface area contributed by atoms with Crippen molar-refractivity contribution < 1.29 is 0 Å².